The quantitative estimate of drug-likeness (QED) is 0.791. The van der Waals surface area contributed by atoms with Crippen LogP contribution in [-0.2, 0) is 0 Å². The van der Waals surface area contributed by atoms with Gasteiger partial charge in [0.05, 0.1) is 23.0 Å². The van der Waals surface area contributed by atoms with Crippen LogP contribution in [0.15, 0.2) is 36.5 Å². The van der Waals surface area contributed by atoms with Crippen molar-refractivity contribution in [3.63, 3.8) is 0 Å². The number of pyridine rings is 1. The fourth-order valence-corrected chi connectivity index (χ4v) is 3.84. The first-order valence-electron chi connectivity index (χ1n) is 9.55. The number of amides is 4. The molecule has 4 rings (SSSR count). The Kier molecular flexibility index (Phi) is 4.81. The Morgan fingerprint density at radius 1 is 0.964 bits per heavy atom. The van der Waals surface area contributed by atoms with Crippen LogP contribution in [0.2, 0.25) is 0 Å². The van der Waals surface area contributed by atoms with E-state index < -0.39 is 6.03 Å². The predicted octanol–water partition coefficient (Wildman–Crippen LogP) is 3.96. The number of imide groups is 1. The van der Waals surface area contributed by atoms with Gasteiger partial charge in [0.15, 0.2) is 0 Å². The number of benzene rings is 1. The van der Waals surface area contributed by atoms with E-state index >= 15 is 0 Å². The van der Waals surface area contributed by atoms with Crippen molar-refractivity contribution >= 4 is 29.2 Å². The third-order valence-electron chi connectivity index (χ3n) is 5.28. The highest BCUT2D eigenvalue weighted by molar-refractivity contribution is 6.22. The fraction of sp³-hybridized carbons (Fsp3) is 0.333. The molecule has 1 aliphatic carbocycles. The van der Waals surface area contributed by atoms with Gasteiger partial charge in [0.1, 0.15) is 0 Å². The van der Waals surface area contributed by atoms with Crippen LogP contribution in [-0.4, -0.2) is 33.8 Å². The lowest BCUT2D eigenvalue weighted by Gasteiger charge is -2.29. The smallest absolute Gasteiger partial charge is 0.308 e. The molecule has 0 radical (unpaired) electrons. The van der Waals surface area contributed by atoms with E-state index in [1.54, 1.807) is 36.5 Å². The first kappa shape index (κ1) is 18.2. The van der Waals surface area contributed by atoms with Crippen molar-refractivity contribution in [1.82, 2.24) is 9.88 Å². The average Bonchev–Trinajstić information content (AvgIpc) is 2.94. The minimum atomic E-state index is -0.438. The number of aryl methyl sites for hydroxylation is 1. The summed E-state index contributed by atoms with van der Waals surface area (Å²) in [7, 11) is 0. The molecular formula is C21H22N4O3. The van der Waals surface area contributed by atoms with Crippen LogP contribution in [0.4, 0.5) is 16.2 Å². The largest absolute Gasteiger partial charge is 0.323 e. The second-order valence-corrected chi connectivity index (χ2v) is 7.30. The molecule has 0 unspecified atom stereocenters. The number of rotatable bonds is 3. The zero-order valence-electron chi connectivity index (χ0n) is 15.7. The van der Waals surface area contributed by atoms with E-state index in [2.05, 4.69) is 15.6 Å². The standard InChI is InChI=1S/C21H22N4O3/c1-13-7-8-15(12-22-13)24-21(28)23-14-9-10-17-18(11-14)20(27)25(19(17)26)16-5-3-2-4-6-16/h7-12,16H,2-6H2,1H3,(H2,23,24,28). The van der Waals surface area contributed by atoms with Gasteiger partial charge in [-0.2, -0.15) is 0 Å². The first-order chi connectivity index (χ1) is 13.5. The maximum Gasteiger partial charge on any atom is 0.323 e. The van der Waals surface area contributed by atoms with Crippen LogP contribution in [0.25, 0.3) is 0 Å². The lowest BCUT2D eigenvalue weighted by Crippen LogP contribution is -2.40. The van der Waals surface area contributed by atoms with Gasteiger partial charge in [-0.15, -0.1) is 0 Å². The summed E-state index contributed by atoms with van der Waals surface area (Å²) < 4.78 is 0. The van der Waals surface area contributed by atoms with E-state index in [1.165, 1.54) is 4.90 Å². The average molecular weight is 378 g/mol. The number of hydrogen-bond acceptors (Lipinski definition) is 4. The number of carbonyl (C=O) groups is 3. The number of nitrogens with one attached hydrogen (secondary N) is 2. The third-order valence-corrected chi connectivity index (χ3v) is 5.28. The molecule has 2 heterocycles. The summed E-state index contributed by atoms with van der Waals surface area (Å²) in [4.78, 5) is 43.3. The van der Waals surface area contributed by atoms with Crippen molar-refractivity contribution in [1.29, 1.82) is 0 Å². The first-order valence-corrected chi connectivity index (χ1v) is 9.55. The van der Waals surface area contributed by atoms with Crippen molar-refractivity contribution in [2.45, 2.75) is 45.1 Å². The lowest BCUT2D eigenvalue weighted by atomic mass is 9.94. The minimum absolute atomic E-state index is 0.0186. The molecule has 2 aromatic rings. The molecule has 0 bridgehead atoms. The Morgan fingerprint density at radius 2 is 1.64 bits per heavy atom. The van der Waals surface area contributed by atoms with Crippen LogP contribution in [0.3, 0.4) is 0 Å². The molecule has 1 aliphatic heterocycles. The molecule has 7 heteroatoms. The van der Waals surface area contributed by atoms with Gasteiger partial charge in [0.25, 0.3) is 11.8 Å². The predicted molar refractivity (Wildman–Crippen MR) is 105 cm³/mol. The van der Waals surface area contributed by atoms with E-state index in [4.69, 9.17) is 0 Å². The summed E-state index contributed by atoms with van der Waals surface area (Å²) in [6.07, 6.45) is 6.53. The SMILES string of the molecule is Cc1ccc(NC(=O)Nc2ccc3c(c2)C(=O)N(C2CCCCC2)C3=O)cn1. The Morgan fingerprint density at radius 3 is 2.36 bits per heavy atom. The van der Waals surface area contributed by atoms with Gasteiger partial charge in [0, 0.05) is 17.4 Å². The molecule has 1 aromatic heterocycles. The molecule has 1 aromatic carbocycles. The van der Waals surface area contributed by atoms with E-state index in [0.717, 1.165) is 37.8 Å². The Labute approximate surface area is 163 Å². The Bertz CT molecular complexity index is 933. The molecule has 0 atom stereocenters. The van der Waals surface area contributed by atoms with Crippen LogP contribution >= 0.6 is 0 Å². The molecule has 0 spiro atoms. The normalized spacial score (nSPS) is 16.8. The van der Waals surface area contributed by atoms with Gasteiger partial charge in [-0.25, -0.2) is 4.79 Å². The second-order valence-electron chi connectivity index (χ2n) is 7.30. The van der Waals surface area contributed by atoms with E-state index in [1.807, 2.05) is 6.92 Å². The van der Waals surface area contributed by atoms with Crippen LogP contribution in [0, 0.1) is 6.92 Å². The summed E-state index contributed by atoms with van der Waals surface area (Å²) >= 11 is 0. The third kappa shape index (κ3) is 3.47. The van der Waals surface area contributed by atoms with Crippen molar-refractivity contribution in [3.05, 3.63) is 53.3 Å². The van der Waals surface area contributed by atoms with Gasteiger partial charge in [0.2, 0.25) is 0 Å². The summed E-state index contributed by atoms with van der Waals surface area (Å²) in [5.74, 6) is -0.493. The number of fused-ring (bicyclic) bond motifs is 1. The molecule has 2 aliphatic rings. The zero-order valence-corrected chi connectivity index (χ0v) is 15.7. The maximum atomic E-state index is 12.8. The lowest BCUT2D eigenvalue weighted by molar-refractivity contribution is 0.0549. The van der Waals surface area contributed by atoms with Crippen molar-refractivity contribution < 1.29 is 14.4 Å². The molecule has 1 fully saturated rings. The van der Waals surface area contributed by atoms with E-state index in [0.29, 0.717) is 22.5 Å². The fourth-order valence-electron chi connectivity index (χ4n) is 3.84. The van der Waals surface area contributed by atoms with Crippen LogP contribution < -0.4 is 10.6 Å². The Balaban J connectivity index is 1.48. The van der Waals surface area contributed by atoms with Crippen molar-refractivity contribution in [3.8, 4) is 0 Å². The summed E-state index contributed by atoms with van der Waals surface area (Å²) in [5, 5.41) is 5.40. The van der Waals surface area contributed by atoms with Gasteiger partial charge < -0.3 is 10.6 Å². The van der Waals surface area contributed by atoms with Crippen LogP contribution in [0.5, 0.6) is 0 Å². The molecule has 144 valence electrons. The highest BCUT2D eigenvalue weighted by Crippen LogP contribution is 2.32. The molecular weight excluding hydrogens is 356 g/mol. The van der Waals surface area contributed by atoms with Crippen molar-refractivity contribution in [2.75, 3.05) is 10.6 Å². The monoisotopic (exact) mass is 378 g/mol. The molecule has 4 amide bonds. The highest BCUT2D eigenvalue weighted by atomic mass is 16.2. The summed E-state index contributed by atoms with van der Waals surface area (Å²) in [5.41, 5.74) is 2.65. The molecule has 28 heavy (non-hydrogen) atoms. The van der Waals surface area contributed by atoms with Crippen molar-refractivity contribution in [2.24, 2.45) is 0 Å². The summed E-state index contributed by atoms with van der Waals surface area (Å²) in [6, 6.07) is 7.93. The van der Waals surface area contributed by atoms with E-state index in [9.17, 15) is 14.4 Å². The number of hydrogen-bond donors (Lipinski definition) is 2. The molecule has 7 nitrogen and oxygen atoms in total. The van der Waals surface area contributed by atoms with Gasteiger partial charge in [-0.1, -0.05) is 19.3 Å². The number of nitrogens with zero attached hydrogens (tertiary/aromatic N) is 2. The summed E-state index contributed by atoms with van der Waals surface area (Å²) in [6.45, 7) is 1.86. The van der Waals surface area contributed by atoms with Crippen LogP contribution in [0.1, 0.15) is 58.5 Å². The molecule has 2 N–H and O–H groups in total. The number of carbonyl (C=O) groups excluding carboxylic acids is 3. The number of aromatic nitrogens is 1. The molecule has 1 saturated carbocycles. The van der Waals surface area contributed by atoms with Gasteiger partial charge in [-0.05, 0) is 50.1 Å². The Hall–Kier alpha value is -3.22. The second kappa shape index (κ2) is 7.42. The van der Waals surface area contributed by atoms with E-state index in [-0.39, 0.29) is 17.9 Å². The highest BCUT2D eigenvalue weighted by Gasteiger charge is 2.40. The van der Waals surface area contributed by atoms with Gasteiger partial charge >= 0.3 is 6.03 Å². The maximum absolute atomic E-state index is 12.8. The minimum Gasteiger partial charge on any atom is -0.308 e. The van der Waals surface area contributed by atoms with Gasteiger partial charge in [-0.3, -0.25) is 19.5 Å². The number of urea groups is 1. The number of anilines is 2. The molecule has 0 saturated heterocycles. The topological polar surface area (TPSA) is 91.4 Å². The zero-order chi connectivity index (χ0) is 19.7.